The fraction of sp³-hybridized carbons (Fsp3) is 0.300. The Balaban J connectivity index is 2.11. The molecule has 8 heteroatoms. The van der Waals surface area contributed by atoms with Crippen molar-refractivity contribution in [1.29, 1.82) is 0 Å². The summed E-state index contributed by atoms with van der Waals surface area (Å²) in [5.41, 5.74) is 0.535. The highest BCUT2D eigenvalue weighted by Gasteiger charge is 2.18. The van der Waals surface area contributed by atoms with Crippen molar-refractivity contribution in [2.75, 3.05) is 27.9 Å². The highest BCUT2D eigenvalue weighted by atomic mass is 16.5. The van der Waals surface area contributed by atoms with Gasteiger partial charge in [-0.25, -0.2) is 0 Å². The summed E-state index contributed by atoms with van der Waals surface area (Å²) in [5, 5.41) is 13.8. The number of benzene rings is 2. The van der Waals surface area contributed by atoms with Gasteiger partial charge in [0.1, 0.15) is 0 Å². The molecule has 0 aliphatic rings. The topological polar surface area (TPSA) is 106 Å². The summed E-state index contributed by atoms with van der Waals surface area (Å²) in [6.45, 7) is -0.308. The van der Waals surface area contributed by atoms with E-state index < -0.39 is 24.3 Å². The number of carbonyl (C=O) groups excluding carboxylic acids is 2. The van der Waals surface area contributed by atoms with Gasteiger partial charge in [0.2, 0.25) is 0 Å². The lowest BCUT2D eigenvalue weighted by Gasteiger charge is -2.21. The fourth-order valence-electron chi connectivity index (χ4n) is 2.61. The quantitative estimate of drug-likeness (QED) is 0.649. The van der Waals surface area contributed by atoms with E-state index in [2.05, 4.69) is 5.32 Å². The number of methoxy groups -OCH3 is 3. The molecule has 0 spiro atoms. The Bertz CT molecular complexity index is 822. The summed E-state index contributed by atoms with van der Waals surface area (Å²) in [7, 11) is 4.46. The minimum absolute atomic E-state index is 0.308. The normalized spacial score (nSPS) is 11.2. The molecule has 2 aromatic rings. The van der Waals surface area contributed by atoms with Crippen molar-refractivity contribution >= 4 is 11.9 Å². The number of para-hydroxylation sites is 2. The van der Waals surface area contributed by atoms with Gasteiger partial charge in [0, 0.05) is 12.4 Å². The molecule has 0 saturated carbocycles. The van der Waals surface area contributed by atoms with Crippen molar-refractivity contribution in [2.45, 2.75) is 12.5 Å². The molecule has 0 aliphatic carbocycles. The predicted octanol–water partition coefficient (Wildman–Crippen LogP) is 1.09. The van der Waals surface area contributed by atoms with Crippen LogP contribution < -0.4 is 29.4 Å². The lowest BCUT2D eigenvalue weighted by atomic mass is 10.0. The standard InChI is InChI=1S/C20H23NO7/c1-25-15-6-4-5-7-17(15)28-12-19(22)21-14(11-20(23)24)13-8-9-16(26-2)18(10-13)27-3/h4-10,14H,11-12H2,1-3H3,(H,21,22)(H,23,24)/p-1/t14-/m0/s1. The number of hydrogen-bond acceptors (Lipinski definition) is 7. The third-order valence-corrected chi connectivity index (χ3v) is 3.94. The SMILES string of the molecule is COc1ccc([C@H](CC(=O)[O-])NC(=O)COc2ccccc2OC)cc1OC. The molecule has 1 N–H and O–H groups in total. The largest absolute Gasteiger partial charge is 0.550 e. The molecule has 8 nitrogen and oxygen atoms in total. The lowest BCUT2D eigenvalue weighted by Crippen LogP contribution is -2.36. The summed E-state index contributed by atoms with van der Waals surface area (Å²) >= 11 is 0. The van der Waals surface area contributed by atoms with Crippen LogP contribution in [0.5, 0.6) is 23.0 Å². The van der Waals surface area contributed by atoms with Gasteiger partial charge in [-0.2, -0.15) is 0 Å². The van der Waals surface area contributed by atoms with Crippen molar-refractivity contribution in [1.82, 2.24) is 5.32 Å². The van der Waals surface area contributed by atoms with E-state index in [1.165, 1.54) is 21.3 Å². The molecule has 0 fully saturated rings. The van der Waals surface area contributed by atoms with E-state index in [0.29, 0.717) is 28.6 Å². The van der Waals surface area contributed by atoms with E-state index in [-0.39, 0.29) is 6.61 Å². The number of carboxylic acid groups (broad SMARTS) is 1. The number of ether oxygens (including phenoxy) is 4. The zero-order valence-corrected chi connectivity index (χ0v) is 15.9. The van der Waals surface area contributed by atoms with Crippen molar-refractivity contribution in [3.05, 3.63) is 48.0 Å². The van der Waals surface area contributed by atoms with Gasteiger partial charge >= 0.3 is 0 Å². The third kappa shape index (κ3) is 5.54. The van der Waals surface area contributed by atoms with E-state index in [1.807, 2.05) is 0 Å². The van der Waals surface area contributed by atoms with Gasteiger partial charge in [-0.05, 0) is 29.8 Å². The zero-order chi connectivity index (χ0) is 20.5. The number of aliphatic carboxylic acids is 1. The van der Waals surface area contributed by atoms with Crippen LogP contribution in [0.1, 0.15) is 18.0 Å². The number of rotatable bonds is 10. The van der Waals surface area contributed by atoms with Crippen LogP contribution >= 0.6 is 0 Å². The maximum Gasteiger partial charge on any atom is 0.258 e. The second-order valence-electron chi connectivity index (χ2n) is 5.75. The number of nitrogens with one attached hydrogen (secondary N) is 1. The average Bonchev–Trinajstić information content (AvgIpc) is 2.71. The molecule has 150 valence electrons. The summed E-state index contributed by atoms with van der Waals surface area (Å²) in [6.07, 6.45) is -0.407. The van der Waals surface area contributed by atoms with E-state index in [9.17, 15) is 14.7 Å². The Morgan fingerprint density at radius 1 is 0.929 bits per heavy atom. The Morgan fingerprint density at radius 2 is 1.54 bits per heavy atom. The van der Waals surface area contributed by atoms with Crippen LogP contribution in [0.15, 0.2) is 42.5 Å². The summed E-state index contributed by atoms with van der Waals surface area (Å²) < 4.78 is 21.0. The van der Waals surface area contributed by atoms with Gasteiger partial charge in [-0.3, -0.25) is 4.79 Å². The van der Waals surface area contributed by atoms with Gasteiger partial charge in [-0.15, -0.1) is 0 Å². The van der Waals surface area contributed by atoms with Gasteiger partial charge in [0.25, 0.3) is 5.91 Å². The lowest BCUT2D eigenvalue weighted by molar-refractivity contribution is -0.306. The molecule has 0 aromatic heterocycles. The summed E-state index contributed by atoms with van der Waals surface area (Å²) in [5.74, 6) is 0.00835. The molecule has 0 aliphatic heterocycles. The molecular formula is C20H22NO7-. The van der Waals surface area contributed by atoms with Gasteiger partial charge < -0.3 is 34.2 Å². The fourth-order valence-corrected chi connectivity index (χ4v) is 2.61. The van der Waals surface area contributed by atoms with E-state index in [4.69, 9.17) is 18.9 Å². The van der Waals surface area contributed by atoms with Crippen LogP contribution in [0.4, 0.5) is 0 Å². The van der Waals surface area contributed by atoms with Crippen LogP contribution in [0, 0.1) is 0 Å². The number of hydrogen-bond donors (Lipinski definition) is 1. The van der Waals surface area contributed by atoms with Crippen molar-refractivity contribution in [3.63, 3.8) is 0 Å². The van der Waals surface area contributed by atoms with Gasteiger partial charge in [-0.1, -0.05) is 18.2 Å². The molecule has 2 rings (SSSR count). The Kier molecular flexibility index (Phi) is 7.50. The minimum Gasteiger partial charge on any atom is -0.550 e. The molecule has 0 unspecified atom stereocenters. The third-order valence-electron chi connectivity index (χ3n) is 3.94. The van der Waals surface area contributed by atoms with Crippen molar-refractivity contribution < 1.29 is 33.6 Å². The van der Waals surface area contributed by atoms with Crippen molar-refractivity contribution in [2.24, 2.45) is 0 Å². The second kappa shape index (κ2) is 10.1. The monoisotopic (exact) mass is 388 g/mol. The van der Waals surface area contributed by atoms with E-state index in [0.717, 1.165) is 0 Å². The highest BCUT2D eigenvalue weighted by Crippen LogP contribution is 2.31. The first-order chi connectivity index (χ1) is 13.5. The Morgan fingerprint density at radius 3 is 2.14 bits per heavy atom. The minimum atomic E-state index is -1.30. The molecule has 0 saturated heterocycles. The van der Waals surface area contributed by atoms with E-state index >= 15 is 0 Å². The smallest absolute Gasteiger partial charge is 0.258 e. The second-order valence-corrected chi connectivity index (χ2v) is 5.75. The van der Waals surface area contributed by atoms with Crippen LogP contribution in [-0.4, -0.2) is 39.8 Å². The molecular weight excluding hydrogens is 366 g/mol. The van der Waals surface area contributed by atoms with Crippen LogP contribution in [0.3, 0.4) is 0 Å². The van der Waals surface area contributed by atoms with Gasteiger partial charge in [0.05, 0.1) is 27.4 Å². The number of carboxylic acids is 1. The van der Waals surface area contributed by atoms with Crippen LogP contribution in [-0.2, 0) is 9.59 Å². The van der Waals surface area contributed by atoms with Crippen molar-refractivity contribution in [3.8, 4) is 23.0 Å². The molecule has 1 amide bonds. The maximum absolute atomic E-state index is 12.3. The Labute approximate surface area is 163 Å². The van der Waals surface area contributed by atoms with Gasteiger partial charge in [0.15, 0.2) is 29.6 Å². The summed E-state index contributed by atoms with van der Waals surface area (Å²) in [4.78, 5) is 23.5. The predicted molar refractivity (Wildman–Crippen MR) is 98.5 cm³/mol. The molecule has 0 heterocycles. The first-order valence-electron chi connectivity index (χ1n) is 8.45. The Hall–Kier alpha value is -3.42. The zero-order valence-electron chi connectivity index (χ0n) is 15.9. The average molecular weight is 388 g/mol. The number of carbonyl (C=O) groups is 2. The molecule has 0 radical (unpaired) electrons. The highest BCUT2D eigenvalue weighted by molar-refractivity contribution is 5.79. The maximum atomic E-state index is 12.3. The first-order valence-corrected chi connectivity index (χ1v) is 8.45. The number of amides is 1. The molecule has 0 bridgehead atoms. The molecule has 1 atom stereocenters. The van der Waals surface area contributed by atoms with Crippen LogP contribution in [0.25, 0.3) is 0 Å². The van der Waals surface area contributed by atoms with Crippen LogP contribution in [0.2, 0.25) is 0 Å². The first kappa shape index (κ1) is 20.9. The molecule has 2 aromatic carbocycles. The van der Waals surface area contributed by atoms with E-state index in [1.54, 1.807) is 42.5 Å². The summed E-state index contributed by atoms with van der Waals surface area (Å²) in [6, 6.07) is 11.0. The molecule has 28 heavy (non-hydrogen) atoms.